The molecule has 0 amide bonds. The number of anilines is 3. The van der Waals surface area contributed by atoms with E-state index in [1.807, 2.05) is 11.3 Å². The summed E-state index contributed by atoms with van der Waals surface area (Å²) in [5.74, 6) is 1.78. The Morgan fingerprint density at radius 2 is 1.05 bits per heavy atom. The zero-order valence-electron chi connectivity index (χ0n) is 34.0. The van der Waals surface area contributed by atoms with Crippen molar-refractivity contribution < 1.29 is 4.74 Å². The smallest absolute Gasteiger partial charge is 0.132 e. The number of ether oxygens (including phenoxy) is 1. The summed E-state index contributed by atoms with van der Waals surface area (Å²) in [5, 5.41) is 7.51. The maximum Gasteiger partial charge on any atom is 0.132 e. The molecule has 0 saturated heterocycles. The van der Waals surface area contributed by atoms with Gasteiger partial charge in [0.05, 0.1) is 22.1 Å². The van der Waals surface area contributed by atoms with Crippen LogP contribution < -0.4 is 9.64 Å². The van der Waals surface area contributed by atoms with Crippen LogP contribution in [0.15, 0.2) is 218 Å². The maximum absolute atomic E-state index is 6.71. The molecule has 2 aliphatic rings. The van der Waals surface area contributed by atoms with Crippen LogP contribution in [-0.2, 0) is 5.41 Å². The second-order valence-corrected chi connectivity index (χ2v) is 17.8. The van der Waals surface area contributed by atoms with Gasteiger partial charge in [-0.15, -0.1) is 11.3 Å². The minimum absolute atomic E-state index is 0.598. The van der Waals surface area contributed by atoms with E-state index >= 15 is 0 Å². The Morgan fingerprint density at radius 3 is 1.89 bits per heavy atom. The standard InChI is InChI=1S/C59H36N2OS/c1-2-15-37(16-3-1)60(39-29-31-42-41-18-5-10-25-51(41)61(53(42)36-39)38-30-34-57-46(35-38)43-19-6-13-28-56(43)63-57)52-33-32-44-40-17-4-7-21-47(40)59(50-24-14-20-45(52)58(44)50)48-22-8-11-26-54(48)62-55-27-12-9-23-49(55)59/h1-36H. The molecular formula is C59H36N2OS. The molecule has 0 N–H and O–H groups in total. The van der Waals surface area contributed by atoms with Crippen molar-refractivity contribution in [2.45, 2.75) is 5.41 Å². The van der Waals surface area contributed by atoms with Crippen LogP contribution in [0.3, 0.4) is 0 Å². The largest absolute Gasteiger partial charge is 0.457 e. The van der Waals surface area contributed by atoms with E-state index in [4.69, 9.17) is 4.74 Å². The van der Waals surface area contributed by atoms with Gasteiger partial charge in [-0.1, -0.05) is 146 Å². The van der Waals surface area contributed by atoms with Crippen LogP contribution in [0, 0.1) is 0 Å². The van der Waals surface area contributed by atoms with E-state index in [0.717, 1.165) is 45.4 Å². The molecule has 1 spiro atoms. The molecule has 10 aromatic carbocycles. The average Bonchev–Trinajstić information content (AvgIpc) is 3.88. The lowest BCUT2D eigenvalue weighted by Gasteiger charge is -2.45. The van der Waals surface area contributed by atoms with Gasteiger partial charge in [0, 0.05) is 64.5 Å². The average molecular weight is 821 g/mol. The lowest BCUT2D eigenvalue weighted by atomic mass is 9.58. The Kier molecular flexibility index (Phi) is 7.20. The summed E-state index contributed by atoms with van der Waals surface area (Å²) >= 11 is 1.86. The van der Waals surface area contributed by atoms with Crippen molar-refractivity contribution in [1.82, 2.24) is 4.57 Å². The molecule has 14 rings (SSSR count). The first-order chi connectivity index (χ1) is 31.3. The zero-order valence-corrected chi connectivity index (χ0v) is 34.8. The number of benzene rings is 10. The summed E-state index contributed by atoms with van der Waals surface area (Å²) in [4.78, 5) is 2.46. The highest BCUT2D eigenvalue weighted by atomic mass is 32.1. The number of aromatic nitrogens is 1. The van der Waals surface area contributed by atoms with Crippen LogP contribution >= 0.6 is 11.3 Å². The second kappa shape index (κ2) is 13.0. The SMILES string of the molecule is c1ccc(N(c2ccc3c4ccccc4n(-c4ccc5sc6ccccc6c5c4)c3c2)c2ccc3c4c(cccc24)C2(c4ccccc4Oc4ccccc42)c2ccccc2-3)cc1. The number of thiophene rings is 1. The zero-order chi connectivity index (χ0) is 41.2. The maximum atomic E-state index is 6.71. The molecule has 63 heavy (non-hydrogen) atoms. The molecule has 3 nitrogen and oxygen atoms in total. The van der Waals surface area contributed by atoms with Crippen molar-refractivity contribution in [2.75, 3.05) is 4.90 Å². The molecule has 294 valence electrons. The van der Waals surface area contributed by atoms with Gasteiger partial charge in [-0.2, -0.15) is 0 Å². The molecule has 1 aliphatic carbocycles. The van der Waals surface area contributed by atoms with Crippen LogP contribution in [0.25, 0.3) is 69.6 Å². The van der Waals surface area contributed by atoms with Crippen LogP contribution in [0.5, 0.6) is 11.5 Å². The Labute approximate surface area is 367 Å². The molecule has 3 heterocycles. The Hall–Kier alpha value is -7.92. The van der Waals surface area contributed by atoms with Gasteiger partial charge in [-0.3, -0.25) is 0 Å². The van der Waals surface area contributed by atoms with Crippen LogP contribution in [0.2, 0.25) is 0 Å². The second-order valence-electron chi connectivity index (χ2n) is 16.8. The number of nitrogens with zero attached hydrogens (tertiary/aromatic N) is 2. The summed E-state index contributed by atoms with van der Waals surface area (Å²) in [5.41, 5.74) is 13.6. The fourth-order valence-electron chi connectivity index (χ4n) is 11.1. The fraction of sp³-hybridized carbons (Fsp3) is 0.0169. The Morgan fingerprint density at radius 1 is 0.397 bits per heavy atom. The third-order valence-corrected chi connectivity index (χ3v) is 14.8. The lowest BCUT2D eigenvalue weighted by molar-refractivity contribution is 0.435. The van der Waals surface area contributed by atoms with Crippen molar-refractivity contribution in [3.8, 4) is 28.3 Å². The quantitative estimate of drug-likeness (QED) is 0.176. The third kappa shape index (κ3) is 4.73. The minimum Gasteiger partial charge on any atom is -0.457 e. The van der Waals surface area contributed by atoms with Crippen LogP contribution in [0.4, 0.5) is 17.1 Å². The Balaban J connectivity index is 1.05. The highest BCUT2D eigenvalue weighted by Gasteiger charge is 2.49. The molecular weight excluding hydrogens is 785 g/mol. The van der Waals surface area contributed by atoms with Gasteiger partial charge in [0.25, 0.3) is 0 Å². The molecule has 2 aromatic heterocycles. The van der Waals surface area contributed by atoms with Gasteiger partial charge < -0.3 is 14.2 Å². The van der Waals surface area contributed by atoms with E-state index in [9.17, 15) is 0 Å². The number of para-hydroxylation sites is 4. The van der Waals surface area contributed by atoms with Crippen molar-refractivity contribution in [3.05, 3.63) is 241 Å². The van der Waals surface area contributed by atoms with Crippen LogP contribution in [-0.4, -0.2) is 4.57 Å². The van der Waals surface area contributed by atoms with Crippen molar-refractivity contribution in [3.63, 3.8) is 0 Å². The van der Waals surface area contributed by atoms with Crippen LogP contribution in [0.1, 0.15) is 22.3 Å². The minimum atomic E-state index is -0.598. The van der Waals surface area contributed by atoms with Crippen molar-refractivity contribution in [2.24, 2.45) is 0 Å². The number of hydrogen-bond acceptors (Lipinski definition) is 3. The van der Waals surface area contributed by atoms with E-state index in [-0.39, 0.29) is 0 Å². The first-order valence-electron chi connectivity index (χ1n) is 21.6. The summed E-state index contributed by atoms with van der Waals surface area (Å²) < 4.78 is 11.8. The number of fused-ring (bicyclic) bond motifs is 14. The monoisotopic (exact) mass is 820 g/mol. The summed E-state index contributed by atoms with van der Waals surface area (Å²) in [6.45, 7) is 0. The van der Waals surface area contributed by atoms with Gasteiger partial charge >= 0.3 is 0 Å². The summed E-state index contributed by atoms with van der Waals surface area (Å²) in [6.07, 6.45) is 0. The van der Waals surface area contributed by atoms with E-state index < -0.39 is 5.41 Å². The van der Waals surface area contributed by atoms with Gasteiger partial charge in [-0.05, 0) is 100 Å². The van der Waals surface area contributed by atoms with Crippen molar-refractivity contribution >= 4 is 81.1 Å². The first kappa shape index (κ1) is 34.8. The first-order valence-corrected chi connectivity index (χ1v) is 22.4. The third-order valence-electron chi connectivity index (χ3n) is 13.6. The van der Waals surface area contributed by atoms with Gasteiger partial charge in [-0.25, -0.2) is 0 Å². The van der Waals surface area contributed by atoms with E-state index in [2.05, 4.69) is 228 Å². The van der Waals surface area contributed by atoms with E-state index in [1.54, 1.807) is 0 Å². The number of rotatable bonds is 4. The van der Waals surface area contributed by atoms with Gasteiger partial charge in [0.15, 0.2) is 0 Å². The van der Waals surface area contributed by atoms with Gasteiger partial charge in [0.2, 0.25) is 0 Å². The highest BCUT2D eigenvalue weighted by molar-refractivity contribution is 7.25. The molecule has 1 aliphatic heterocycles. The molecule has 0 bridgehead atoms. The lowest BCUT2D eigenvalue weighted by Crippen LogP contribution is -2.36. The van der Waals surface area contributed by atoms with E-state index in [0.29, 0.717) is 0 Å². The molecule has 0 radical (unpaired) electrons. The normalized spacial score (nSPS) is 13.3. The summed E-state index contributed by atoms with van der Waals surface area (Å²) in [7, 11) is 0. The predicted molar refractivity (Wildman–Crippen MR) is 263 cm³/mol. The topological polar surface area (TPSA) is 17.4 Å². The highest BCUT2D eigenvalue weighted by Crippen LogP contribution is 2.62. The molecule has 4 heteroatoms. The van der Waals surface area contributed by atoms with Gasteiger partial charge in [0.1, 0.15) is 11.5 Å². The Bertz CT molecular complexity index is 3810. The van der Waals surface area contributed by atoms with E-state index in [1.165, 1.54) is 75.0 Å². The van der Waals surface area contributed by atoms with Crippen molar-refractivity contribution in [1.29, 1.82) is 0 Å². The molecule has 0 fully saturated rings. The summed E-state index contributed by atoms with van der Waals surface area (Å²) in [6, 6.07) is 80.3. The predicted octanol–water partition coefficient (Wildman–Crippen LogP) is 16.2. The molecule has 0 unspecified atom stereocenters. The molecule has 0 atom stereocenters. The number of hydrogen-bond donors (Lipinski definition) is 0. The molecule has 12 aromatic rings. The fourth-order valence-corrected chi connectivity index (χ4v) is 12.2. The molecule has 0 saturated carbocycles.